The van der Waals surface area contributed by atoms with Gasteiger partial charge >= 0.3 is 0 Å². The molecule has 1 fully saturated rings. The number of carbonyl (C=O) groups excluding carboxylic acids is 3. The van der Waals surface area contributed by atoms with Crippen LogP contribution in [0.3, 0.4) is 0 Å². The largest absolute Gasteiger partial charge is 0.507 e. The Hall–Kier alpha value is -4.21. The smallest absolute Gasteiger partial charge is 0.300 e. The number of hydrogen-bond donors (Lipinski definition) is 2. The van der Waals surface area contributed by atoms with E-state index in [1.165, 1.54) is 39.2 Å². The summed E-state index contributed by atoms with van der Waals surface area (Å²) in [4.78, 5) is 39.8. The third-order valence-electron chi connectivity index (χ3n) is 6.14. The predicted molar refractivity (Wildman–Crippen MR) is 148 cm³/mol. The van der Waals surface area contributed by atoms with Crippen molar-refractivity contribution in [1.29, 1.82) is 0 Å². The lowest BCUT2D eigenvalue weighted by atomic mass is 9.94. The van der Waals surface area contributed by atoms with E-state index in [4.69, 9.17) is 37.4 Å². The summed E-state index contributed by atoms with van der Waals surface area (Å²) in [6.45, 7) is 1.38. The zero-order valence-corrected chi connectivity index (χ0v) is 22.9. The van der Waals surface area contributed by atoms with Gasteiger partial charge in [0, 0.05) is 23.9 Å². The number of nitrogens with zero attached hydrogens (tertiary/aromatic N) is 1. The first-order valence-corrected chi connectivity index (χ1v) is 12.3. The summed E-state index contributed by atoms with van der Waals surface area (Å²) in [5.74, 6) is -2.14. The SMILES string of the molecule is COc1ccccc1C1/C(=C(\O)c2cc(Cl)c(OC)c(Cl)c2OC)C(=O)C(=O)N1c1ccc(NC(C)=O)cc1. The zero-order valence-electron chi connectivity index (χ0n) is 21.4. The van der Waals surface area contributed by atoms with Gasteiger partial charge in [-0.15, -0.1) is 0 Å². The molecular formula is C28H24Cl2N2O7. The number of carbonyl (C=O) groups is 3. The van der Waals surface area contributed by atoms with Crippen LogP contribution >= 0.6 is 23.2 Å². The van der Waals surface area contributed by atoms with E-state index >= 15 is 0 Å². The highest BCUT2D eigenvalue weighted by Gasteiger charge is 2.48. The van der Waals surface area contributed by atoms with Crippen molar-refractivity contribution in [3.8, 4) is 17.2 Å². The quantitative estimate of drug-likeness (QED) is 0.216. The van der Waals surface area contributed by atoms with Gasteiger partial charge in [0.2, 0.25) is 5.91 Å². The summed E-state index contributed by atoms with van der Waals surface area (Å²) in [6, 6.07) is 13.4. The van der Waals surface area contributed by atoms with Gasteiger partial charge in [-0.1, -0.05) is 41.4 Å². The van der Waals surface area contributed by atoms with Crippen molar-refractivity contribution in [2.75, 3.05) is 31.5 Å². The maximum absolute atomic E-state index is 13.6. The summed E-state index contributed by atoms with van der Waals surface area (Å²) < 4.78 is 16.2. The molecule has 1 aliphatic rings. The van der Waals surface area contributed by atoms with Crippen LogP contribution in [0.2, 0.25) is 10.0 Å². The molecule has 11 heteroatoms. The average molecular weight is 571 g/mol. The highest BCUT2D eigenvalue weighted by atomic mass is 35.5. The van der Waals surface area contributed by atoms with E-state index in [0.717, 1.165) is 0 Å². The molecule has 1 heterocycles. The Balaban J connectivity index is 1.99. The number of Topliss-reactive ketones (excluding diaryl/α,β-unsaturated/α-hetero) is 1. The van der Waals surface area contributed by atoms with E-state index < -0.39 is 23.5 Å². The number of aliphatic hydroxyl groups is 1. The maximum Gasteiger partial charge on any atom is 0.300 e. The number of para-hydroxylation sites is 1. The summed E-state index contributed by atoms with van der Waals surface area (Å²) in [5, 5.41) is 14.3. The van der Waals surface area contributed by atoms with Gasteiger partial charge < -0.3 is 24.6 Å². The van der Waals surface area contributed by atoms with E-state index in [-0.39, 0.29) is 38.6 Å². The molecule has 1 unspecified atom stereocenters. The number of rotatable bonds is 7. The molecule has 0 saturated carbocycles. The molecule has 0 aromatic heterocycles. The second-order valence-electron chi connectivity index (χ2n) is 8.43. The number of ether oxygens (including phenoxy) is 3. The normalized spacial score (nSPS) is 16.3. The zero-order chi connectivity index (χ0) is 28.4. The van der Waals surface area contributed by atoms with E-state index in [2.05, 4.69) is 5.32 Å². The van der Waals surface area contributed by atoms with Crippen LogP contribution in [0.4, 0.5) is 11.4 Å². The number of aliphatic hydroxyl groups excluding tert-OH is 1. The van der Waals surface area contributed by atoms with Gasteiger partial charge in [0.1, 0.15) is 16.5 Å². The van der Waals surface area contributed by atoms with E-state index in [1.807, 2.05) is 0 Å². The van der Waals surface area contributed by atoms with Crippen molar-refractivity contribution in [1.82, 2.24) is 0 Å². The van der Waals surface area contributed by atoms with Crippen LogP contribution in [0.5, 0.6) is 17.2 Å². The van der Waals surface area contributed by atoms with Crippen molar-refractivity contribution in [2.45, 2.75) is 13.0 Å². The first kappa shape index (κ1) is 27.8. The highest BCUT2D eigenvalue weighted by Crippen LogP contribution is 2.49. The molecule has 202 valence electrons. The fraction of sp³-hybridized carbons (Fsp3) is 0.179. The van der Waals surface area contributed by atoms with Crippen LogP contribution in [0.15, 0.2) is 60.2 Å². The number of hydrogen-bond acceptors (Lipinski definition) is 7. The fourth-order valence-corrected chi connectivity index (χ4v) is 5.17. The Morgan fingerprint density at radius 1 is 0.949 bits per heavy atom. The summed E-state index contributed by atoms with van der Waals surface area (Å²) in [5.41, 5.74) is 1.05. The van der Waals surface area contributed by atoms with Gasteiger partial charge in [-0.2, -0.15) is 0 Å². The molecule has 3 aromatic carbocycles. The molecule has 9 nitrogen and oxygen atoms in total. The van der Waals surface area contributed by atoms with Gasteiger partial charge in [-0.05, 0) is 36.4 Å². The molecule has 0 spiro atoms. The Bertz CT molecular complexity index is 1500. The molecule has 0 aliphatic carbocycles. The predicted octanol–water partition coefficient (Wildman–Crippen LogP) is 5.60. The van der Waals surface area contributed by atoms with Crippen molar-refractivity contribution in [2.24, 2.45) is 0 Å². The number of halogens is 2. The molecule has 1 aliphatic heterocycles. The number of nitrogens with one attached hydrogen (secondary N) is 1. The van der Waals surface area contributed by atoms with Gasteiger partial charge in [-0.25, -0.2) is 0 Å². The lowest BCUT2D eigenvalue weighted by Gasteiger charge is -2.27. The molecule has 2 N–H and O–H groups in total. The number of benzene rings is 3. The highest BCUT2D eigenvalue weighted by molar-refractivity contribution is 6.52. The molecule has 0 radical (unpaired) electrons. The second-order valence-corrected chi connectivity index (χ2v) is 9.21. The Morgan fingerprint density at radius 3 is 2.18 bits per heavy atom. The van der Waals surface area contributed by atoms with Crippen molar-refractivity contribution in [3.63, 3.8) is 0 Å². The van der Waals surface area contributed by atoms with Crippen LogP contribution in [-0.4, -0.2) is 44.0 Å². The lowest BCUT2D eigenvalue weighted by Crippen LogP contribution is -2.29. The van der Waals surface area contributed by atoms with Gasteiger partial charge in [0.05, 0.1) is 43.5 Å². The maximum atomic E-state index is 13.6. The van der Waals surface area contributed by atoms with Crippen molar-refractivity contribution < 1.29 is 33.7 Å². The molecule has 1 saturated heterocycles. The van der Waals surface area contributed by atoms with Crippen LogP contribution < -0.4 is 24.4 Å². The standard InChI is InChI=1S/C28H24Cl2N2O7/c1-14(33)31-15-9-11-16(12-10-15)32-23(17-7-5-6-8-20(17)37-2)21(25(35)28(32)36)24(34)18-13-19(29)27(39-4)22(30)26(18)38-3/h5-13,23,34H,1-4H3,(H,31,33)/b24-21+. The second kappa shape index (κ2) is 11.3. The number of methoxy groups -OCH3 is 3. The minimum atomic E-state index is -1.10. The average Bonchev–Trinajstić information content (AvgIpc) is 3.18. The van der Waals surface area contributed by atoms with Crippen LogP contribution in [0, 0.1) is 0 Å². The van der Waals surface area contributed by atoms with Crippen molar-refractivity contribution >= 4 is 57.9 Å². The molecule has 4 rings (SSSR count). The molecule has 3 aromatic rings. The molecule has 39 heavy (non-hydrogen) atoms. The first-order valence-electron chi connectivity index (χ1n) is 11.6. The third-order valence-corrected chi connectivity index (χ3v) is 6.76. The lowest BCUT2D eigenvalue weighted by molar-refractivity contribution is -0.132. The molecule has 0 bridgehead atoms. The van der Waals surface area contributed by atoms with E-state index in [9.17, 15) is 19.5 Å². The van der Waals surface area contributed by atoms with Crippen LogP contribution in [0.1, 0.15) is 24.1 Å². The minimum absolute atomic E-state index is 0.0000485. The van der Waals surface area contributed by atoms with Gasteiger partial charge in [0.15, 0.2) is 11.5 Å². The van der Waals surface area contributed by atoms with Crippen molar-refractivity contribution in [3.05, 3.63) is 81.3 Å². The number of anilines is 2. The first-order chi connectivity index (χ1) is 18.6. The Labute approximate surface area is 234 Å². The van der Waals surface area contributed by atoms with Crippen LogP contribution in [0.25, 0.3) is 5.76 Å². The molecular weight excluding hydrogens is 547 g/mol. The molecule has 1 atom stereocenters. The Kier molecular flexibility index (Phi) is 8.03. The van der Waals surface area contributed by atoms with Gasteiger partial charge in [0.25, 0.3) is 11.7 Å². The van der Waals surface area contributed by atoms with Gasteiger partial charge in [-0.3, -0.25) is 19.3 Å². The fourth-order valence-electron chi connectivity index (χ4n) is 4.49. The number of amides is 2. The van der Waals surface area contributed by atoms with E-state index in [1.54, 1.807) is 48.5 Å². The monoisotopic (exact) mass is 570 g/mol. The topological polar surface area (TPSA) is 114 Å². The summed E-state index contributed by atoms with van der Waals surface area (Å²) >= 11 is 12.8. The Morgan fingerprint density at radius 2 is 1.59 bits per heavy atom. The van der Waals surface area contributed by atoms with E-state index in [0.29, 0.717) is 22.7 Å². The molecule has 2 amide bonds. The summed E-state index contributed by atoms with van der Waals surface area (Å²) in [7, 11) is 4.16. The number of ketones is 1. The minimum Gasteiger partial charge on any atom is -0.507 e. The third kappa shape index (κ3) is 4.98. The summed E-state index contributed by atoms with van der Waals surface area (Å²) in [6.07, 6.45) is 0. The van der Waals surface area contributed by atoms with Crippen LogP contribution in [-0.2, 0) is 14.4 Å².